The lowest BCUT2D eigenvalue weighted by Gasteiger charge is -2.42. The number of benzene rings is 1. The third-order valence-corrected chi connectivity index (χ3v) is 6.48. The minimum absolute atomic E-state index is 0.108. The van der Waals surface area contributed by atoms with Gasteiger partial charge in [0.1, 0.15) is 28.1 Å². The number of fused-ring (bicyclic) bond motifs is 1. The quantitative estimate of drug-likeness (QED) is 0.582. The minimum Gasteiger partial charge on any atom is -0.486 e. The fourth-order valence-corrected chi connectivity index (χ4v) is 4.36. The van der Waals surface area contributed by atoms with Crippen molar-refractivity contribution >= 4 is 22.6 Å². The highest BCUT2D eigenvalue weighted by atomic mass is 35.5. The Morgan fingerprint density at radius 1 is 1.28 bits per heavy atom. The Morgan fingerprint density at radius 2 is 2.03 bits per heavy atom. The van der Waals surface area contributed by atoms with Crippen LogP contribution in [-0.2, 0) is 4.74 Å². The van der Waals surface area contributed by atoms with Gasteiger partial charge in [0.25, 0.3) is 5.56 Å². The smallest absolute Gasteiger partial charge is 0.262 e. The number of ether oxygens (including phenoxy) is 2. The van der Waals surface area contributed by atoms with Crippen LogP contribution in [0.25, 0.3) is 11.0 Å². The molecule has 4 heterocycles. The SMILES string of the molecule is CC(c1nc2c(cnn2C2CCOCC2)c(=O)[nH]1)N1CC(Oc2ccc(F)c(F)c2Cl)C1. The van der Waals surface area contributed by atoms with Gasteiger partial charge in [0, 0.05) is 26.3 Å². The third-order valence-electron chi connectivity index (χ3n) is 6.13. The summed E-state index contributed by atoms with van der Waals surface area (Å²) < 4.78 is 39.9. The molecule has 0 aliphatic carbocycles. The van der Waals surface area contributed by atoms with Crippen LogP contribution in [0.5, 0.6) is 5.75 Å². The third kappa shape index (κ3) is 3.76. The highest BCUT2D eigenvalue weighted by Crippen LogP contribution is 2.32. The molecule has 0 amide bonds. The molecule has 32 heavy (non-hydrogen) atoms. The number of likely N-dealkylation sites (tertiary alicyclic amines) is 1. The second-order valence-electron chi connectivity index (χ2n) is 8.16. The number of hydrogen-bond donors (Lipinski definition) is 1. The van der Waals surface area contributed by atoms with Crippen molar-refractivity contribution in [2.75, 3.05) is 26.3 Å². The van der Waals surface area contributed by atoms with E-state index >= 15 is 0 Å². The summed E-state index contributed by atoms with van der Waals surface area (Å²) >= 11 is 5.84. The van der Waals surface area contributed by atoms with E-state index < -0.39 is 11.6 Å². The van der Waals surface area contributed by atoms with Crippen LogP contribution in [-0.4, -0.2) is 57.1 Å². The van der Waals surface area contributed by atoms with Gasteiger partial charge in [-0.15, -0.1) is 0 Å². The average Bonchev–Trinajstić information content (AvgIpc) is 3.20. The van der Waals surface area contributed by atoms with Crippen molar-refractivity contribution in [2.24, 2.45) is 0 Å². The summed E-state index contributed by atoms with van der Waals surface area (Å²) in [7, 11) is 0. The monoisotopic (exact) mass is 465 g/mol. The van der Waals surface area contributed by atoms with Crippen molar-refractivity contribution < 1.29 is 18.3 Å². The zero-order chi connectivity index (χ0) is 22.4. The van der Waals surface area contributed by atoms with Crippen molar-refractivity contribution in [3.05, 3.63) is 51.2 Å². The molecule has 1 atom stereocenters. The zero-order valence-electron chi connectivity index (χ0n) is 17.4. The van der Waals surface area contributed by atoms with Gasteiger partial charge in [0.2, 0.25) is 0 Å². The maximum Gasteiger partial charge on any atom is 0.262 e. The summed E-state index contributed by atoms with van der Waals surface area (Å²) in [5, 5.41) is 4.51. The van der Waals surface area contributed by atoms with Gasteiger partial charge in [0.15, 0.2) is 17.3 Å². The number of halogens is 3. The summed E-state index contributed by atoms with van der Waals surface area (Å²) in [6.07, 6.45) is 2.98. The van der Waals surface area contributed by atoms with Crippen LogP contribution in [0.4, 0.5) is 8.78 Å². The van der Waals surface area contributed by atoms with Crippen LogP contribution in [0, 0.1) is 11.6 Å². The van der Waals surface area contributed by atoms with Gasteiger partial charge in [0.05, 0.1) is 18.3 Å². The normalized spacial score (nSPS) is 19.2. The molecule has 2 fully saturated rings. The van der Waals surface area contributed by atoms with Crippen molar-refractivity contribution in [1.29, 1.82) is 0 Å². The average molecular weight is 466 g/mol. The van der Waals surface area contributed by atoms with E-state index in [2.05, 4.69) is 15.0 Å². The van der Waals surface area contributed by atoms with Crippen LogP contribution in [0.15, 0.2) is 23.1 Å². The maximum absolute atomic E-state index is 13.6. The van der Waals surface area contributed by atoms with Gasteiger partial charge in [-0.1, -0.05) is 11.6 Å². The highest BCUT2D eigenvalue weighted by molar-refractivity contribution is 6.32. The number of aromatic amines is 1. The first-order valence-corrected chi connectivity index (χ1v) is 10.9. The van der Waals surface area contributed by atoms with Crippen LogP contribution >= 0.6 is 11.6 Å². The Hall–Kier alpha value is -2.56. The molecular weight excluding hydrogens is 444 g/mol. The first-order valence-electron chi connectivity index (χ1n) is 10.5. The van der Waals surface area contributed by atoms with E-state index in [4.69, 9.17) is 26.1 Å². The Labute approximate surface area is 187 Å². The molecule has 2 saturated heterocycles. The van der Waals surface area contributed by atoms with Gasteiger partial charge in [-0.3, -0.25) is 9.69 Å². The van der Waals surface area contributed by atoms with Crippen molar-refractivity contribution in [2.45, 2.75) is 38.0 Å². The van der Waals surface area contributed by atoms with E-state index in [0.29, 0.717) is 43.2 Å². The first-order chi connectivity index (χ1) is 15.4. The molecule has 0 saturated carbocycles. The number of nitrogens with zero attached hydrogens (tertiary/aromatic N) is 4. The van der Waals surface area contributed by atoms with E-state index in [1.165, 1.54) is 6.07 Å². The van der Waals surface area contributed by atoms with Crippen LogP contribution < -0.4 is 10.3 Å². The lowest BCUT2D eigenvalue weighted by Crippen LogP contribution is -2.54. The summed E-state index contributed by atoms with van der Waals surface area (Å²) in [6, 6.07) is 2.28. The minimum atomic E-state index is -1.12. The molecule has 0 spiro atoms. The fourth-order valence-electron chi connectivity index (χ4n) is 4.16. The molecule has 2 aliphatic heterocycles. The number of hydrogen-bond acceptors (Lipinski definition) is 6. The number of aromatic nitrogens is 4. The lowest BCUT2D eigenvalue weighted by molar-refractivity contribution is -0.00749. The topological polar surface area (TPSA) is 85.3 Å². The van der Waals surface area contributed by atoms with Crippen LogP contribution in [0.3, 0.4) is 0 Å². The maximum atomic E-state index is 13.6. The van der Waals surface area contributed by atoms with Gasteiger partial charge in [-0.25, -0.2) is 18.4 Å². The molecular formula is C21H22ClF2N5O3. The summed E-state index contributed by atoms with van der Waals surface area (Å²) in [5.41, 5.74) is 0.349. The number of nitrogens with one attached hydrogen (secondary N) is 1. The molecule has 1 unspecified atom stereocenters. The predicted octanol–water partition coefficient (Wildman–Crippen LogP) is 3.23. The highest BCUT2D eigenvalue weighted by Gasteiger charge is 2.34. The number of rotatable bonds is 5. The van der Waals surface area contributed by atoms with E-state index in [1.807, 2.05) is 11.6 Å². The molecule has 5 rings (SSSR count). The van der Waals surface area contributed by atoms with Gasteiger partial charge >= 0.3 is 0 Å². The Morgan fingerprint density at radius 3 is 2.78 bits per heavy atom. The van der Waals surface area contributed by atoms with E-state index in [0.717, 1.165) is 18.9 Å². The summed E-state index contributed by atoms with van der Waals surface area (Å²) in [6.45, 7) is 4.32. The standard InChI is InChI=1S/C21H22ClF2N5O3/c1-11(28-9-13(10-28)32-16-3-2-15(23)18(24)17(16)22)19-26-20-14(21(30)27-19)8-25-29(20)12-4-6-31-7-5-12/h2-3,8,11-13H,4-7,9-10H2,1H3,(H,26,27,30). The Bertz CT molecular complexity index is 1200. The molecule has 0 bridgehead atoms. The number of H-pyrrole nitrogens is 1. The largest absolute Gasteiger partial charge is 0.486 e. The first kappa shape index (κ1) is 21.3. The van der Waals surface area contributed by atoms with Gasteiger partial charge < -0.3 is 14.5 Å². The van der Waals surface area contributed by atoms with Crippen molar-refractivity contribution in [1.82, 2.24) is 24.6 Å². The van der Waals surface area contributed by atoms with Crippen LogP contribution in [0.2, 0.25) is 5.02 Å². The van der Waals surface area contributed by atoms with Crippen LogP contribution in [0.1, 0.15) is 37.7 Å². The molecule has 8 nitrogen and oxygen atoms in total. The zero-order valence-corrected chi connectivity index (χ0v) is 18.1. The lowest BCUT2D eigenvalue weighted by atomic mass is 10.1. The van der Waals surface area contributed by atoms with E-state index in [9.17, 15) is 13.6 Å². The molecule has 2 aromatic heterocycles. The van der Waals surface area contributed by atoms with Crippen molar-refractivity contribution in [3.8, 4) is 5.75 Å². The Balaban J connectivity index is 1.31. The Kier molecular flexibility index (Phi) is 5.60. The molecule has 2 aliphatic rings. The van der Waals surface area contributed by atoms with Gasteiger partial charge in [-0.2, -0.15) is 5.10 Å². The van der Waals surface area contributed by atoms with Crippen molar-refractivity contribution in [3.63, 3.8) is 0 Å². The fraction of sp³-hybridized carbons (Fsp3) is 0.476. The van der Waals surface area contributed by atoms with E-state index in [-0.39, 0.29) is 34.5 Å². The summed E-state index contributed by atoms with van der Waals surface area (Å²) in [5.74, 6) is -1.49. The predicted molar refractivity (Wildman–Crippen MR) is 113 cm³/mol. The molecule has 11 heteroatoms. The summed E-state index contributed by atoms with van der Waals surface area (Å²) in [4.78, 5) is 22.3. The molecule has 3 aromatic rings. The van der Waals surface area contributed by atoms with Gasteiger partial charge in [-0.05, 0) is 31.9 Å². The molecule has 170 valence electrons. The second kappa shape index (κ2) is 8.42. The molecule has 0 radical (unpaired) electrons. The molecule has 1 N–H and O–H groups in total. The van der Waals surface area contributed by atoms with E-state index in [1.54, 1.807) is 6.20 Å². The second-order valence-corrected chi connectivity index (χ2v) is 8.54. The molecule has 1 aromatic carbocycles.